The number of nitrogens with one attached hydrogen (secondary N) is 1. The van der Waals surface area contributed by atoms with Gasteiger partial charge in [-0.1, -0.05) is 0 Å². The average Bonchev–Trinajstić information content (AvgIpc) is 2.70. The summed E-state index contributed by atoms with van der Waals surface area (Å²) < 4.78 is 12.8. The quantitative estimate of drug-likeness (QED) is 0.890. The maximum absolute atomic E-state index is 5.44. The maximum Gasteiger partial charge on any atom is 0.203 e. The van der Waals surface area contributed by atoms with Gasteiger partial charge in [0.1, 0.15) is 0 Å². The van der Waals surface area contributed by atoms with Gasteiger partial charge < -0.3 is 19.4 Å². The van der Waals surface area contributed by atoms with E-state index in [1.54, 1.807) is 7.11 Å². The monoisotopic (exact) mass is 267 g/mol. The summed E-state index contributed by atoms with van der Waals surface area (Å²) in [6.45, 7) is 8.72. The van der Waals surface area contributed by atoms with E-state index in [9.17, 15) is 0 Å². The van der Waals surface area contributed by atoms with Crippen LogP contribution >= 0.6 is 0 Å². The van der Waals surface area contributed by atoms with Gasteiger partial charge in [-0.05, 0) is 33.6 Å². The Kier molecular flexibility index (Phi) is 4.47. The highest BCUT2D eigenvalue weighted by Gasteiger charge is 2.29. The Labute approximate surface area is 115 Å². The van der Waals surface area contributed by atoms with Crippen LogP contribution in [0.1, 0.15) is 38.4 Å². The van der Waals surface area contributed by atoms with Crippen molar-refractivity contribution in [2.75, 3.05) is 32.2 Å². The van der Waals surface area contributed by atoms with Gasteiger partial charge >= 0.3 is 0 Å². The first kappa shape index (κ1) is 14.3. The third kappa shape index (κ3) is 3.48. The first-order chi connectivity index (χ1) is 9.04. The summed E-state index contributed by atoms with van der Waals surface area (Å²) in [6, 6.07) is 0.275. The molecule has 0 radical (unpaired) electrons. The lowest BCUT2D eigenvalue weighted by atomic mass is 9.93. The van der Waals surface area contributed by atoms with Crippen molar-refractivity contribution in [1.29, 1.82) is 0 Å². The van der Waals surface area contributed by atoms with E-state index in [4.69, 9.17) is 9.47 Å². The Morgan fingerprint density at radius 3 is 2.84 bits per heavy atom. The van der Waals surface area contributed by atoms with Crippen molar-refractivity contribution in [2.24, 2.45) is 0 Å². The second kappa shape index (κ2) is 5.92. The fourth-order valence-corrected chi connectivity index (χ4v) is 2.48. The number of hydrogen-bond donors (Lipinski definition) is 1. The van der Waals surface area contributed by atoms with Crippen LogP contribution in [0, 0.1) is 6.92 Å². The van der Waals surface area contributed by atoms with Crippen molar-refractivity contribution >= 4 is 5.95 Å². The molecule has 1 saturated heterocycles. The summed E-state index contributed by atoms with van der Waals surface area (Å²) in [5, 5.41) is 3.60. The molecule has 1 aliphatic rings. The number of anilines is 1. The maximum atomic E-state index is 5.44. The van der Waals surface area contributed by atoms with E-state index in [2.05, 4.69) is 34.9 Å². The molecule has 1 aliphatic heterocycles. The molecular weight excluding hydrogens is 242 g/mol. The highest BCUT2D eigenvalue weighted by molar-refractivity contribution is 5.33. The first-order valence-electron chi connectivity index (χ1n) is 6.94. The van der Waals surface area contributed by atoms with Crippen molar-refractivity contribution < 1.29 is 9.47 Å². The van der Waals surface area contributed by atoms with Gasteiger partial charge in [0.05, 0.1) is 18.3 Å². The summed E-state index contributed by atoms with van der Waals surface area (Å²) >= 11 is 0. The molecule has 19 heavy (non-hydrogen) atoms. The molecule has 0 aliphatic carbocycles. The van der Waals surface area contributed by atoms with Crippen molar-refractivity contribution in [2.45, 2.75) is 45.2 Å². The average molecular weight is 267 g/mol. The number of imidazole rings is 1. The molecule has 2 heterocycles. The lowest BCUT2D eigenvalue weighted by molar-refractivity contribution is 0.0653. The van der Waals surface area contributed by atoms with Gasteiger partial charge in [-0.15, -0.1) is 0 Å². The van der Waals surface area contributed by atoms with E-state index in [0.29, 0.717) is 6.61 Å². The molecular formula is C14H25N3O2. The second-order valence-electron chi connectivity index (χ2n) is 5.72. The first-order valence-corrected chi connectivity index (χ1v) is 6.94. The van der Waals surface area contributed by atoms with Gasteiger partial charge in [-0.3, -0.25) is 0 Å². The fourth-order valence-electron chi connectivity index (χ4n) is 2.48. The van der Waals surface area contributed by atoms with Gasteiger partial charge in [0.25, 0.3) is 0 Å². The van der Waals surface area contributed by atoms with Crippen LogP contribution in [0.3, 0.4) is 0 Å². The summed E-state index contributed by atoms with van der Waals surface area (Å²) in [4.78, 5) is 4.61. The van der Waals surface area contributed by atoms with Crippen molar-refractivity contribution in [1.82, 2.24) is 9.55 Å². The smallest absolute Gasteiger partial charge is 0.203 e. The Morgan fingerprint density at radius 2 is 2.21 bits per heavy atom. The van der Waals surface area contributed by atoms with Crippen LogP contribution in [0.5, 0.6) is 0 Å². The number of nitrogens with zero attached hydrogens (tertiary/aromatic N) is 2. The Balaban J connectivity index is 2.14. The SMILES string of the molecule is COCC(C)n1cc(C)nc1NC1(C)CCOCC1. The predicted octanol–water partition coefficient (Wildman–Crippen LogP) is 2.38. The van der Waals surface area contributed by atoms with Crippen molar-refractivity contribution in [3.8, 4) is 0 Å². The molecule has 5 heteroatoms. The summed E-state index contributed by atoms with van der Waals surface area (Å²) in [6.07, 6.45) is 4.10. The number of hydrogen-bond acceptors (Lipinski definition) is 4. The minimum absolute atomic E-state index is 0.0700. The van der Waals surface area contributed by atoms with Crippen LogP contribution in [0.2, 0.25) is 0 Å². The Bertz CT molecular complexity index is 411. The zero-order valence-electron chi connectivity index (χ0n) is 12.4. The molecule has 5 nitrogen and oxygen atoms in total. The molecule has 0 aromatic carbocycles. The topological polar surface area (TPSA) is 48.3 Å². The Hall–Kier alpha value is -1.07. The van der Waals surface area contributed by atoms with Crippen molar-refractivity contribution in [3.63, 3.8) is 0 Å². The zero-order valence-corrected chi connectivity index (χ0v) is 12.4. The Morgan fingerprint density at radius 1 is 1.53 bits per heavy atom. The molecule has 2 rings (SSSR count). The lowest BCUT2D eigenvalue weighted by Gasteiger charge is -2.35. The second-order valence-corrected chi connectivity index (χ2v) is 5.72. The molecule has 0 bridgehead atoms. The van der Waals surface area contributed by atoms with Crippen LogP contribution in [0.25, 0.3) is 0 Å². The van der Waals surface area contributed by atoms with Crippen LogP contribution in [0.15, 0.2) is 6.20 Å². The number of aryl methyl sites for hydroxylation is 1. The van der Waals surface area contributed by atoms with Crippen molar-refractivity contribution in [3.05, 3.63) is 11.9 Å². The minimum atomic E-state index is 0.0700. The lowest BCUT2D eigenvalue weighted by Crippen LogP contribution is -2.41. The van der Waals surface area contributed by atoms with E-state index in [0.717, 1.165) is 37.7 Å². The number of methoxy groups -OCH3 is 1. The standard InChI is InChI=1S/C14H25N3O2/c1-11-9-17(12(2)10-18-4)13(15-11)16-14(3)5-7-19-8-6-14/h9,12H,5-8,10H2,1-4H3,(H,15,16). The molecule has 1 aromatic rings. The highest BCUT2D eigenvalue weighted by Crippen LogP contribution is 2.26. The molecule has 0 spiro atoms. The summed E-state index contributed by atoms with van der Waals surface area (Å²) in [5.74, 6) is 0.937. The molecule has 1 atom stereocenters. The van der Waals surface area contributed by atoms with Gasteiger partial charge in [-0.25, -0.2) is 4.98 Å². The number of rotatable bonds is 5. The normalized spacial score (nSPS) is 20.2. The third-order valence-electron chi connectivity index (χ3n) is 3.75. The van der Waals surface area contributed by atoms with Crippen LogP contribution < -0.4 is 5.32 Å². The van der Waals surface area contributed by atoms with Gasteiger partial charge in [0.15, 0.2) is 0 Å². The van der Waals surface area contributed by atoms with Crippen LogP contribution in [-0.2, 0) is 9.47 Å². The van der Waals surface area contributed by atoms with Gasteiger partial charge in [0, 0.05) is 32.1 Å². The summed E-state index contributed by atoms with van der Waals surface area (Å²) in [7, 11) is 1.73. The van der Waals surface area contributed by atoms with Crippen LogP contribution in [-0.4, -0.2) is 42.0 Å². The minimum Gasteiger partial charge on any atom is -0.383 e. The molecule has 1 fully saturated rings. The van der Waals surface area contributed by atoms with E-state index in [1.807, 2.05) is 6.92 Å². The van der Waals surface area contributed by atoms with Gasteiger partial charge in [0.2, 0.25) is 5.95 Å². The third-order valence-corrected chi connectivity index (χ3v) is 3.75. The molecule has 1 unspecified atom stereocenters. The number of ether oxygens (including phenoxy) is 2. The molecule has 0 amide bonds. The molecule has 1 N–H and O–H groups in total. The number of aromatic nitrogens is 2. The summed E-state index contributed by atoms with van der Waals surface area (Å²) in [5.41, 5.74) is 1.10. The van der Waals surface area contributed by atoms with E-state index >= 15 is 0 Å². The molecule has 1 aromatic heterocycles. The molecule has 0 saturated carbocycles. The molecule has 108 valence electrons. The predicted molar refractivity (Wildman–Crippen MR) is 75.6 cm³/mol. The van der Waals surface area contributed by atoms with E-state index in [-0.39, 0.29) is 11.6 Å². The fraction of sp³-hybridized carbons (Fsp3) is 0.786. The van der Waals surface area contributed by atoms with E-state index in [1.165, 1.54) is 0 Å². The largest absolute Gasteiger partial charge is 0.383 e. The van der Waals surface area contributed by atoms with E-state index < -0.39 is 0 Å². The van der Waals surface area contributed by atoms with Crippen LogP contribution in [0.4, 0.5) is 5.95 Å². The zero-order chi connectivity index (χ0) is 13.9. The highest BCUT2D eigenvalue weighted by atomic mass is 16.5. The van der Waals surface area contributed by atoms with Gasteiger partial charge in [-0.2, -0.15) is 0 Å².